The quantitative estimate of drug-likeness (QED) is 0.777. The molecule has 0 aliphatic heterocycles. The average molecular weight is 326 g/mol. The van der Waals surface area contributed by atoms with E-state index >= 15 is 0 Å². The largest absolute Gasteiger partial charge is 0.324 e. The second-order valence-corrected chi connectivity index (χ2v) is 7.15. The molecule has 0 fully saturated rings. The van der Waals surface area contributed by atoms with Crippen LogP contribution >= 0.6 is 0 Å². The second kappa shape index (κ2) is 6.30. The van der Waals surface area contributed by atoms with Crippen LogP contribution in [0.3, 0.4) is 0 Å². The molecule has 0 atom stereocenters. The van der Waals surface area contributed by atoms with Crippen LogP contribution in [0.1, 0.15) is 11.1 Å². The van der Waals surface area contributed by atoms with Crippen molar-refractivity contribution in [2.24, 2.45) is 0 Å². The molecule has 0 unspecified atom stereocenters. The van der Waals surface area contributed by atoms with Gasteiger partial charge in [0.2, 0.25) is 10.0 Å². The summed E-state index contributed by atoms with van der Waals surface area (Å²) in [6.45, 7) is 1.91. The minimum atomic E-state index is -3.43. The first-order chi connectivity index (χ1) is 11.0. The summed E-state index contributed by atoms with van der Waals surface area (Å²) in [6.07, 6.45) is 3.88. The van der Waals surface area contributed by atoms with Gasteiger partial charge in [-0.3, -0.25) is 4.72 Å². The van der Waals surface area contributed by atoms with Gasteiger partial charge in [-0.25, -0.2) is 8.42 Å². The topological polar surface area (TPSA) is 51.1 Å². The van der Waals surface area contributed by atoms with Crippen LogP contribution in [0, 0.1) is 6.92 Å². The van der Waals surface area contributed by atoms with Crippen LogP contribution in [0.2, 0.25) is 0 Å². The standard InChI is InChI=1S/C18H18N2O2S/c1-15-6-2-3-7-16(15)14-23(21,22)19-17-8-10-18(11-9-17)20-12-4-5-13-20/h2-13,19H,14H2,1H3. The molecule has 118 valence electrons. The van der Waals surface area contributed by atoms with Gasteiger partial charge in [-0.2, -0.15) is 0 Å². The molecule has 0 spiro atoms. The second-order valence-electron chi connectivity index (χ2n) is 5.42. The van der Waals surface area contributed by atoms with E-state index in [4.69, 9.17) is 0 Å². The van der Waals surface area contributed by atoms with E-state index in [0.717, 1.165) is 16.8 Å². The van der Waals surface area contributed by atoms with Crippen LogP contribution in [0.4, 0.5) is 5.69 Å². The van der Waals surface area contributed by atoms with E-state index in [1.807, 2.05) is 72.4 Å². The Balaban J connectivity index is 1.74. The smallest absolute Gasteiger partial charge is 0.236 e. The van der Waals surface area contributed by atoms with Crippen molar-refractivity contribution < 1.29 is 8.42 Å². The van der Waals surface area contributed by atoms with Gasteiger partial charge in [-0.05, 0) is 54.4 Å². The van der Waals surface area contributed by atoms with Crippen molar-refractivity contribution in [2.45, 2.75) is 12.7 Å². The van der Waals surface area contributed by atoms with E-state index in [1.54, 1.807) is 12.1 Å². The maximum absolute atomic E-state index is 12.3. The van der Waals surface area contributed by atoms with E-state index in [2.05, 4.69) is 4.72 Å². The van der Waals surface area contributed by atoms with Crippen molar-refractivity contribution in [3.05, 3.63) is 84.2 Å². The number of hydrogen-bond donors (Lipinski definition) is 1. The van der Waals surface area contributed by atoms with Crippen LogP contribution in [0.15, 0.2) is 73.1 Å². The predicted octanol–water partition coefficient (Wildman–Crippen LogP) is 3.73. The van der Waals surface area contributed by atoms with E-state index in [0.29, 0.717) is 5.69 Å². The molecule has 1 heterocycles. The Morgan fingerprint density at radius 3 is 2.22 bits per heavy atom. The molecular weight excluding hydrogens is 308 g/mol. The van der Waals surface area contributed by atoms with Crippen molar-refractivity contribution in [1.29, 1.82) is 0 Å². The van der Waals surface area contributed by atoms with Gasteiger partial charge in [-0.1, -0.05) is 24.3 Å². The highest BCUT2D eigenvalue weighted by Gasteiger charge is 2.13. The van der Waals surface area contributed by atoms with Gasteiger partial charge < -0.3 is 4.57 Å². The van der Waals surface area contributed by atoms with Crippen LogP contribution in [-0.2, 0) is 15.8 Å². The summed E-state index contributed by atoms with van der Waals surface area (Å²) in [5, 5.41) is 0. The van der Waals surface area contributed by atoms with Crippen LogP contribution < -0.4 is 4.72 Å². The Kier molecular flexibility index (Phi) is 4.21. The predicted molar refractivity (Wildman–Crippen MR) is 93.2 cm³/mol. The van der Waals surface area contributed by atoms with E-state index in [9.17, 15) is 8.42 Å². The monoisotopic (exact) mass is 326 g/mol. The number of aryl methyl sites for hydroxylation is 1. The molecule has 0 amide bonds. The van der Waals surface area contributed by atoms with Gasteiger partial charge in [0.05, 0.1) is 5.75 Å². The summed E-state index contributed by atoms with van der Waals surface area (Å²) < 4.78 is 29.2. The Hall–Kier alpha value is -2.53. The zero-order chi connectivity index (χ0) is 16.3. The van der Waals surface area contributed by atoms with Crippen LogP contribution in [-0.4, -0.2) is 13.0 Å². The fourth-order valence-corrected chi connectivity index (χ4v) is 3.70. The van der Waals surface area contributed by atoms with Gasteiger partial charge in [0.1, 0.15) is 0 Å². The molecule has 5 heteroatoms. The fourth-order valence-electron chi connectivity index (χ4n) is 2.40. The van der Waals surface area contributed by atoms with Gasteiger partial charge in [0, 0.05) is 23.8 Å². The Morgan fingerprint density at radius 2 is 1.57 bits per heavy atom. The molecule has 0 bridgehead atoms. The molecule has 3 aromatic rings. The molecule has 0 aliphatic carbocycles. The third-order valence-corrected chi connectivity index (χ3v) is 4.89. The summed E-state index contributed by atoms with van der Waals surface area (Å²) in [6, 6.07) is 18.7. The fraction of sp³-hybridized carbons (Fsp3) is 0.111. The summed E-state index contributed by atoms with van der Waals surface area (Å²) in [5.41, 5.74) is 3.33. The van der Waals surface area contributed by atoms with Crippen molar-refractivity contribution in [2.75, 3.05) is 4.72 Å². The molecule has 0 saturated heterocycles. The third kappa shape index (κ3) is 3.81. The van der Waals surface area contributed by atoms with Crippen molar-refractivity contribution >= 4 is 15.7 Å². The first-order valence-corrected chi connectivity index (χ1v) is 8.97. The molecular formula is C18H18N2O2S. The van der Waals surface area contributed by atoms with Crippen molar-refractivity contribution in [3.63, 3.8) is 0 Å². The maximum atomic E-state index is 12.3. The van der Waals surface area contributed by atoms with Crippen LogP contribution in [0.25, 0.3) is 5.69 Å². The molecule has 0 radical (unpaired) electrons. The minimum Gasteiger partial charge on any atom is -0.324 e. The number of aromatic nitrogens is 1. The molecule has 4 nitrogen and oxygen atoms in total. The number of nitrogens with one attached hydrogen (secondary N) is 1. The lowest BCUT2D eigenvalue weighted by Crippen LogP contribution is -2.15. The summed E-state index contributed by atoms with van der Waals surface area (Å²) >= 11 is 0. The SMILES string of the molecule is Cc1ccccc1CS(=O)(=O)Nc1ccc(-n2cccc2)cc1. The molecule has 23 heavy (non-hydrogen) atoms. The Labute approximate surface area is 136 Å². The zero-order valence-corrected chi connectivity index (χ0v) is 13.6. The Morgan fingerprint density at radius 1 is 0.913 bits per heavy atom. The van der Waals surface area contributed by atoms with Crippen molar-refractivity contribution in [1.82, 2.24) is 4.57 Å². The summed E-state index contributed by atoms with van der Waals surface area (Å²) in [4.78, 5) is 0. The van der Waals surface area contributed by atoms with Gasteiger partial charge in [0.15, 0.2) is 0 Å². The normalized spacial score (nSPS) is 11.3. The number of benzene rings is 2. The highest BCUT2D eigenvalue weighted by Crippen LogP contribution is 2.17. The van der Waals surface area contributed by atoms with E-state index in [-0.39, 0.29) is 5.75 Å². The third-order valence-electron chi connectivity index (χ3n) is 3.65. The minimum absolute atomic E-state index is 0.0287. The van der Waals surface area contributed by atoms with Gasteiger partial charge in [-0.15, -0.1) is 0 Å². The molecule has 1 aromatic heterocycles. The molecule has 0 saturated carbocycles. The van der Waals surface area contributed by atoms with Crippen molar-refractivity contribution in [3.8, 4) is 5.69 Å². The lowest BCUT2D eigenvalue weighted by Gasteiger charge is -2.10. The van der Waals surface area contributed by atoms with Crippen LogP contribution in [0.5, 0.6) is 0 Å². The van der Waals surface area contributed by atoms with Gasteiger partial charge in [0.25, 0.3) is 0 Å². The summed E-state index contributed by atoms with van der Waals surface area (Å²) in [5.74, 6) is -0.0287. The van der Waals surface area contributed by atoms with E-state index < -0.39 is 10.0 Å². The highest BCUT2D eigenvalue weighted by molar-refractivity contribution is 7.91. The first-order valence-electron chi connectivity index (χ1n) is 7.32. The highest BCUT2D eigenvalue weighted by atomic mass is 32.2. The molecule has 1 N–H and O–H groups in total. The number of rotatable bonds is 5. The lowest BCUT2D eigenvalue weighted by atomic mass is 10.1. The maximum Gasteiger partial charge on any atom is 0.236 e. The number of hydrogen-bond acceptors (Lipinski definition) is 2. The number of anilines is 1. The lowest BCUT2D eigenvalue weighted by molar-refractivity contribution is 0.600. The summed E-state index contributed by atoms with van der Waals surface area (Å²) in [7, 11) is -3.43. The van der Waals surface area contributed by atoms with Gasteiger partial charge >= 0.3 is 0 Å². The number of sulfonamides is 1. The van der Waals surface area contributed by atoms with E-state index in [1.165, 1.54) is 0 Å². The molecule has 3 rings (SSSR count). The number of nitrogens with zero attached hydrogens (tertiary/aromatic N) is 1. The average Bonchev–Trinajstić information content (AvgIpc) is 3.04. The Bertz CT molecular complexity index is 883. The molecule has 0 aliphatic rings. The molecule has 2 aromatic carbocycles. The zero-order valence-electron chi connectivity index (χ0n) is 12.8. The first kappa shape index (κ1) is 15.4.